The van der Waals surface area contributed by atoms with Crippen LogP contribution in [0.5, 0.6) is 5.75 Å². The Morgan fingerprint density at radius 3 is 2.46 bits per heavy atom. The molecule has 0 amide bonds. The number of para-hydroxylation sites is 1. The highest BCUT2D eigenvalue weighted by Crippen LogP contribution is 2.53. The van der Waals surface area contributed by atoms with E-state index >= 15 is 0 Å². The first-order chi connectivity index (χ1) is 11.8. The van der Waals surface area contributed by atoms with E-state index in [2.05, 4.69) is 59.5 Å². The highest BCUT2D eigenvalue weighted by molar-refractivity contribution is 5.48. The molecule has 0 N–H and O–H groups in total. The highest BCUT2D eigenvalue weighted by atomic mass is 16.5. The van der Waals surface area contributed by atoms with Crippen LogP contribution in [0.25, 0.3) is 0 Å². The summed E-state index contributed by atoms with van der Waals surface area (Å²) in [5, 5.41) is 0. The number of fused-ring (bicyclic) bond motifs is 5. The lowest BCUT2D eigenvalue weighted by atomic mass is 9.73. The SMILES string of the molecule is COc1ccc([C@@H]2C[C@@H]3O[C@H]2[C@H]2CN(c4ccccc4)C[C@H]23)cc1. The molecule has 124 valence electrons. The van der Waals surface area contributed by atoms with Crippen molar-refractivity contribution in [1.29, 1.82) is 0 Å². The Bertz CT molecular complexity index is 714. The third-order valence-corrected chi connectivity index (χ3v) is 6.19. The van der Waals surface area contributed by atoms with E-state index in [4.69, 9.17) is 9.47 Å². The number of rotatable bonds is 3. The minimum Gasteiger partial charge on any atom is -0.497 e. The van der Waals surface area contributed by atoms with Gasteiger partial charge in [0, 0.05) is 36.5 Å². The smallest absolute Gasteiger partial charge is 0.118 e. The molecule has 0 spiro atoms. The molecule has 3 fully saturated rings. The lowest BCUT2D eigenvalue weighted by molar-refractivity contribution is 0.0808. The average molecular weight is 321 g/mol. The van der Waals surface area contributed by atoms with Crippen molar-refractivity contribution in [2.24, 2.45) is 11.8 Å². The zero-order chi connectivity index (χ0) is 16.1. The third kappa shape index (κ3) is 2.15. The molecule has 5 atom stereocenters. The number of hydrogen-bond donors (Lipinski definition) is 0. The van der Waals surface area contributed by atoms with E-state index in [0.717, 1.165) is 18.8 Å². The molecule has 0 radical (unpaired) electrons. The fraction of sp³-hybridized carbons (Fsp3) is 0.429. The van der Waals surface area contributed by atoms with Gasteiger partial charge in [0.05, 0.1) is 19.3 Å². The normalized spacial score (nSPS) is 33.7. The predicted octanol–water partition coefficient (Wildman–Crippen LogP) is 3.70. The first-order valence-electron chi connectivity index (χ1n) is 8.93. The second kappa shape index (κ2) is 5.52. The Morgan fingerprint density at radius 2 is 1.71 bits per heavy atom. The third-order valence-electron chi connectivity index (χ3n) is 6.19. The van der Waals surface area contributed by atoms with Crippen molar-refractivity contribution in [2.45, 2.75) is 24.5 Å². The topological polar surface area (TPSA) is 21.7 Å². The largest absolute Gasteiger partial charge is 0.497 e. The number of hydrogen-bond acceptors (Lipinski definition) is 3. The van der Waals surface area contributed by atoms with Gasteiger partial charge in [-0.15, -0.1) is 0 Å². The fourth-order valence-corrected chi connectivity index (χ4v) is 5.03. The van der Waals surface area contributed by atoms with Crippen LogP contribution in [0.2, 0.25) is 0 Å². The van der Waals surface area contributed by atoms with Crippen LogP contribution in [-0.4, -0.2) is 32.4 Å². The summed E-state index contributed by atoms with van der Waals surface area (Å²) in [4.78, 5) is 2.55. The van der Waals surface area contributed by atoms with Crippen molar-refractivity contribution in [3.63, 3.8) is 0 Å². The van der Waals surface area contributed by atoms with Gasteiger partial charge in [0.15, 0.2) is 0 Å². The van der Waals surface area contributed by atoms with E-state index in [9.17, 15) is 0 Å². The Morgan fingerprint density at radius 1 is 0.958 bits per heavy atom. The van der Waals surface area contributed by atoms with Crippen LogP contribution in [0, 0.1) is 11.8 Å². The van der Waals surface area contributed by atoms with Gasteiger partial charge in [-0.05, 0) is 36.2 Å². The van der Waals surface area contributed by atoms with E-state index in [1.165, 1.54) is 17.7 Å². The van der Waals surface area contributed by atoms with Crippen LogP contribution in [0.3, 0.4) is 0 Å². The monoisotopic (exact) mass is 321 g/mol. The molecular formula is C21H23NO2. The van der Waals surface area contributed by atoms with Crippen LogP contribution < -0.4 is 9.64 Å². The lowest BCUT2D eigenvalue weighted by Gasteiger charge is -2.27. The van der Waals surface area contributed by atoms with E-state index in [-0.39, 0.29) is 0 Å². The molecule has 3 heterocycles. The molecule has 0 unspecified atom stereocenters. The molecule has 0 saturated carbocycles. The molecule has 2 aromatic rings. The van der Waals surface area contributed by atoms with Gasteiger partial charge < -0.3 is 14.4 Å². The van der Waals surface area contributed by atoms with Crippen molar-refractivity contribution in [3.8, 4) is 5.75 Å². The van der Waals surface area contributed by atoms with Crippen molar-refractivity contribution in [2.75, 3.05) is 25.1 Å². The quantitative estimate of drug-likeness (QED) is 0.860. The van der Waals surface area contributed by atoms with Gasteiger partial charge in [-0.2, -0.15) is 0 Å². The Balaban J connectivity index is 1.36. The minimum absolute atomic E-state index is 0.377. The number of methoxy groups -OCH3 is 1. The molecule has 0 aliphatic carbocycles. The Hall–Kier alpha value is -2.00. The Kier molecular flexibility index (Phi) is 3.30. The zero-order valence-electron chi connectivity index (χ0n) is 14.0. The fourth-order valence-electron chi connectivity index (χ4n) is 5.03. The standard InChI is InChI=1S/C21H23NO2/c1-23-16-9-7-14(8-10-16)17-11-20-18-12-22(13-19(18)21(17)24-20)15-5-3-2-4-6-15/h2-10,17-21H,11-13H2,1H3/t17-,18+,19-,20-,21+/m0/s1. The summed E-state index contributed by atoms with van der Waals surface area (Å²) in [6.07, 6.45) is 1.98. The summed E-state index contributed by atoms with van der Waals surface area (Å²) in [7, 11) is 1.72. The van der Waals surface area contributed by atoms with Crippen molar-refractivity contribution < 1.29 is 9.47 Å². The number of ether oxygens (including phenoxy) is 2. The summed E-state index contributed by atoms with van der Waals surface area (Å²) in [5.74, 6) is 2.83. The second-order valence-electron chi connectivity index (χ2n) is 7.32. The maximum Gasteiger partial charge on any atom is 0.118 e. The molecule has 5 rings (SSSR count). The van der Waals surface area contributed by atoms with Gasteiger partial charge in [0.25, 0.3) is 0 Å². The molecular weight excluding hydrogens is 298 g/mol. The minimum atomic E-state index is 0.377. The summed E-state index contributed by atoms with van der Waals surface area (Å²) >= 11 is 0. The summed E-state index contributed by atoms with van der Waals surface area (Å²) in [6.45, 7) is 2.27. The summed E-state index contributed by atoms with van der Waals surface area (Å²) < 4.78 is 11.7. The van der Waals surface area contributed by atoms with Crippen LogP contribution in [0.1, 0.15) is 17.9 Å². The molecule has 3 nitrogen and oxygen atoms in total. The summed E-state index contributed by atoms with van der Waals surface area (Å²) in [6, 6.07) is 19.4. The van der Waals surface area contributed by atoms with Gasteiger partial charge in [-0.1, -0.05) is 30.3 Å². The van der Waals surface area contributed by atoms with E-state index in [1.54, 1.807) is 7.11 Å². The van der Waals surface area contributed by atoms with Crippen LogP contribution in [0.15, 0.2) is 54.6 Å². The lowest BCUT2D eigenvalue weighted by Crippen LogP contribution is -2.31. The maximum absolute atomic E-state index is 6.39. The van der Waals surface area contributed by atoms with Crippen LogP contribution >= 0.6 is 0 Å². The zero-order valence-corrected chi connectivity index (χ0v) is 14.0. The van der Waals surface area contributed by atoms with Gasteiger partial charge in [-0.3, -0.25) is 0 Å². The van der Waals surface area contributed by atoms with Crippen LogP contribution in [0.4, 0.5) is 5.69 Å². The average Bonchev–Trinajstić information content (AvgIpc) is 3.34. The molecule has 0 aromatic heterocycles. The molecule has 3 aliphatic heterocycles. The van der Waals surface area contributed by atoms with E-state index < -0.39 is 0 Å². The number of anilines is 1. The van der Waals surface area contributed by atoms with Crippen molar-refractivity contribution >= 4 is 5.69 Å². The van der Waals surface area contributed by atoms with Crippen molar-refractivity contribution in [1.82, 2.24) is 0 Å². The van der Waals surface area contributed by atoms with Crippen LogP contribution in [-0.2, 0) is 4.74 Å². The molecule has 3 saturated heterocycles. The maximum atomic E-state index is 6.39. The van der Waals surface area contributed by atoms with E-state index in [0.29, 0.717) is 30.0 Å². The number of nitrogens with zero attached hydrogens (tertiary/aromatic N) is 1. The molecule has 2 bridgehead atoms. The molecule has 3 heteroatoms. The molecule has 24 heavy (non-hydrogen) atoms. The first kappa shape index (κ1) is 14.4. The predicted molar refractivity (Wildman–Crippen MR) is 94.6 cm³/mol. The number of benzene rings is 2. The summed E-state index contributed by atoms with van der Waals surface area (Å²) in [5.41, 5.74) is 2.76. The molecule has 3 aliphatic rings. The first-order valence-corrected chi connectivity index (χ1v) is 8.93. The van der Waals surface area contributed by atoms with Gasteiger partial charge in [-0.25, -0.2) is 0 Å². The highest BCUT2D eigenvalue weighted by Gasteiger charge is 2.57. The second-order valence-corrected chi connectivity index (χ2v) is 7.32. The van der Waals surface area contributed by atoms with Gasteiger partial charge >= 0.3 is 0 Å². The van der Waals surface area contributed by atoms with Crippen molar-refractivity contribution in [3.05, 3.63) is 60.2 Å². The van der Waals surface area contributed by atoms with E-state index in [1.807, 2.05) is 0 Å². The van der Waals surface area contributed by atoms with Gasteiger partial charge in [0.1, 0.15) is 5.75 Å². The Labute approximate surface area is 143 Å². The van der Waals surface area contributed by atoms with Gasteiger partial charge in [0.2, 0.25) is 0 Å². The molecule has 2 aromatic carbocycles.